The summed E-state index contributed by atoms with van der Waals surface area (Å²) < 4.78 is 0. The summed E-state index contributed by atoms with van der Waals surface area (Å²) >= 11 is 1.84. The third kappa shape index (κ3) is 2.96. The highest BCUT2D eigenvalue weighted by molar-refractivity contribution is 7.10. The molecule has 94 valence electrons. The van der Waals surface area contributed by atoms with Crippen molar-refractivity contribution >= 4 is 17.1 Å². The van der Waals surface area contributed by atoms with Gasteiger partial charge >= 0.3 is 0 Å². The van der Waals surface area contributed by atoms with E-state index >= 15 is 0 Å². The van der Waals surface area contributed by atoms with Gasteiger partial charge in [-0.05, 0) is 17.9 Å². The Kier molecular flexibility index (Phi) is 4.35. The Hall–Kier alpha value is -0.670. The van der Waals surface area contributed by atoms with E-state index in [-0.39, 0.29) is 5.92 Å². The quantitative estimate of drug-likeness (QED) is 0.816. The van der Waals surface area contributed by atoms with Crippen molar-refractivity contribution in [2.24, 2.45) is 5.92 Å². The van der Waals surface area contributed by atoms with Gasteiger partial charge in [0.05, 0.1) is 0 Å². The number of hydrogen-bond donors (Lipinski definition) is 0. The summed E-state index contributed by atoms with van der Waals surface area (Å²) in [4.78, 5) is 15.5. The number of carbonyl (C=O) groups is 1. The molecule has 0 aromatic carbocycles. The lowest BCUT2D eigenvalue weighted by molar-refractivity contribution is -0.126. The summed E-state index contributed by atoms with van der Waals surface area (Å²) in [6.45, 7) is 6.16. The molecule has 0 bridgehead atoms. The molecule has 0 saturated carbocycles. The molecule has 0 spiro atoms. The molecule has 17 heavy (non-hydrogen) atoms. The van der Waals surface area contributed by atoms with Crippen molar-refractivity contribution in [1.82, 2.24) is 4.90 Å². The van der Waals surface area contributed by atoms with Crippen molar-refractivity contribution in [1.29, 1.82) is 0 Å². The summed E-state index contributed by atoms with van der Waals surface area (Å²) in [6.07, 6.45) is 3.12. The van der Waals surface area contributed by atoms with E-state index in [2.05, 4.69) is 36.3 Å². The maximum absolute atomic E-state index is 11.6. The van der Waals surface area contributed by atoms with Crippen LogP contribution in [0.3, 0.4) is 0 Å². The van der Waals surface area contributed by atoms with Crippen molar-refractivity contribution in [3.8, 4) is 0 Å². The lowest BCUT2D eigenvalue weighted by Gasteiger charge is -2.36. The highest BCUT2D eigenvalue weighted by Gasteiger charge is 2.29. The number of piperidine rings is 1. The van der Waals surface area contributed by atoms with E-state index in [1.165, 1.54) is 17.7 Å². The average Bonchev–Trinajstić information content (AvgIpc) is 2.83. The van der Waals surface area contributed by atoms with E-state index in [1.807, 2.05) is 11.3 Å². The van der Waals surface area contributed by atoms with Crippen LogP contribution in [0.15, 0.2) is 17.5 Å². The predicted molar refractivity (Wildman–Crippen MR) is 72.3 cm³/mol. The molecule has 0 N–H and O–H groups in total. The fraction of sp³-hybridized carbons (Fsp3) is 0.643. The molecule has 1 aliphatic rings. The van der Waals surface area contributed by atoms with Gasteiger partial charge in [-0.15, -0.1) is 11.3 Å². The Morgan fingerprint density at radius 1 is 1.59 bits per heavy atom. The first-order chi connectivity index (χ1) is 8.22. The minimum absolute atomic E-state index is 0.211. The van der Waals surface area contributed by atoms with Gasteiger partial charge < -0.3 is 0 Å². The van der Waals surface area contributed by atoms with Gasteiger partial charge in [-0.2, -0.15) is 0 Å². The minimum Gasteiger partial charge on any atom is -0.299 e. The van der Waals surface area contributed by atoms with Crippen molar-refractivity contribution in [2.45, 2.75) is 39.2 Å². The first kappa shape index (κ1) is 12.8. The third-order valence-corrected chi connectivity index (χ3v) is 4.55. The Morgan fingerprint density at radius 3 is 3.00 bits per heavy atom. The Labute approximate surface area is 108 Å². The van der Waals surface area contributed by atoms with Crippen LogP contribution in [0.5, 0.6) is 0 Å². The molecular weight excluding hydrogens is 230 g/mol. The van der Waals surface area contributed by atoms with E-state index < -0.39 is 0 Å². The van der Waals surface area contributed by atoms with Gasteiger partial charge in [0.25, 0.3) is 0 Å². The normalized spacial score (nSPS) is 23.9. The summed E-state index contributed by atoms with van der Waals surface area (Å²) in [5.74, 6) is 0.644. The molecule has 1 fully saturated rings. The number of hydrogen-bond acceptors (Lipinski definition) is 3. The Balaban J connectivity index is 2.09. The maximum atomic E-state index is 11.6. The lowest BCUT2D eigenvalue weighted by atomic mass is 9.95. The van der Waals surface area contributed by atoms with Crippen LogP contribution in [0, 0.1) is 5.92 Å². The zero-order valence-electron chi connectivity index (χ0n) is 10.7. The Bertz CT molecular complexity index is 360. The van der Waals surface area contributed by atoms with Crippen LogP contribution >= 0.6 is 11.3 Å². The van der Waals surface area contributed by atoms with Crippen LogP contribution in [-0.4, -0.2) is 23.8 Å². The van der Waals surface area contributed by atoms with Crippen LogP contribution in [0.1, 0.15) is 44.0 Å². The van der Waals surface area contributed by atoms with Gasteiger partial charge in [0.1, 0.15) is 5.78 Å². The monoisotopic (exact) mass is 251 g/mol. The van der Waals surface area contributed by atoms with Crippen LogP contribution in [-0.2, 0) is 4.79 Å². The first-order valence-corrected chi connectivity index (χ1v) is 7.40. The minimum atomic E-state index is 0.211. The number of Topliss-reactive ketones (excluding diaryl/α,β-unsaturated/α-hetero) is 1. The van der Waals surface area contributed by atoms with Gasteiger partial charge in [-0.25, -0.2) is 0 Å². The van der Waals surface area contributed by atoms with Crippen LogP contribution in [0.4, 0.5) is 0 Å². The molecular formula is C14H21NOS. The van der Waals surface area contributed by atoms with E-state index in [4.69, 9.17) is 0 Å². The lowest BCUT2D eigenvalue weighted by Crippen LogP contribution is -2.41. The van der Waals surface area contributed by atoms with Crippen LogP contribution < -0.4 is 0 Å². The number of likely N-dealkylation sites (tertiary alicyclic amines) is 1. The molecule has 1 aliphatic heterocycles. The first-order valence-electron chi connectivity index (χ1n) is 6.52. The smallest absolute Gasteiger partial charge is 0.138 e. The topological polar surface area (TPSA) is 20.3 Å². The standard InChI is InChI=1S/C14H21NOS/c1-3-5-12(14-6-4-9-17-14)15-8-7-13(16)11(2)10-15/h4,6,9,11-12H,3,5,7-8,10H2,1-2H3. The summed E-state index contributed by atoms with van der Waals surface area (Å²) in [5, 5.41) is 2.15. The molecule has 0 amide bonds. The van der Waals surface area contributed by atoms with Crippen molar-refractivity contribution in [2.75, 3.05) is 13.1 Å². The molecule has 0 radical (unpaired) electrons. The third-order valence-electron chi connectivity index (χ3n) is 3.58. The van der Waals surface area contributed by atoms with Gasteiger partial charge in [0.15, 0.2) is 0 Å². The van der Waals surface area contributed by atoms with Crippen LogP contribution in [0.25, 0.3) is 0 Å². The number of nitrogens with zero attached hydrogens (tertiary/aromatic N) is 1. The molecule has 2 heterocycles. The van der Waals surface area contributed by atoms with Gasteiger partial charge in [-0.3, -0.25) is 9.69 Å². The largest absolute Gasteiger partial charge is 0.299 e. The van der Waals surface area contributed by atoms with E-state index in [9.17, 15) is 4.79 Å². The zero-order chi connectivity index (χ0) is 12.3. The van der Waals surface area contributed by atoms with Gasteiger partial charge in [-0.1, -0.05) is 26.3 Å². The fourth-order valence-electron chi connectivity index (χ4n) is 2.59. The van der Waals surface area contributed by atoms with E-state index in [1.54, 1.807) is 0 Å². The SMILES string of the molecule is CCCC(c1cccs1)N1CCC(=O)C(C)C1. The summed E-state index contributed by atoms with van der Waals surface area (Å²) in [7, 11) is 0. The number of ketones is 1. The number of thiophene rings is 1. The average molecular weight is 251 g/mol. The van der Waals surface area contributed by atoms with Crippen molar-refractivity contribution in [3.05, 3.63) is 22.4 Å². The molecule has 0 aliphatic carbocycles. The highest BCUT2D eigenvalue weighted by atomic mass is 32.1. The van der Waals surface area contributed by atoms with E-state index in [0.29, 0.717) is 11.8 Å². The second-order valence-corrected chi connectivity index (χ2v) is 5.91. The number of rotatable bonds is 4. The highest BCUT2D eigenvalue weighted by Crippen LogP contribution is 2.31. The second kappa shape index (κ2) is 5.78. The zero-order valence-corrected chi connectivity index (χ0v) is 11.5. The van der Waals surface area contributed by atoms with Crippen LogP contribution in [0.2, 0.25) is 0 Å². The fourth-order valence-corrected chi connectivity index (χ4v) is 3.48. The molecule has 1 aromatic rings. The summed E-state index contributed by atoms with van der Waals surface area (Å²) in [5.41, 5.74) is 0. The predicted octanol–water partition coefficient (Wildman–Crippen LogP) is 3.50. The van der Waals surface area contributed by atoms with Gasteiger partial charge in [0.2, 0.25) is 0 Å². The molecule has 1 saturated heterocycles. The molecule has 1 aromatic heterocycles. The summed E-state index contributed by atoms with van der Waals surface area (Å²) in [6, 6.07) is 4.88. The molecule has 3 heteroatoms. The Morgan fingerprint density at radius 2 is 2.41 bits per heavy atom. The molecule has 2 atom stereocenters. The van der Waals surface area contributed by atoms with Crippen molar-refractivity contribution < 1.29 is 4.79 Å². The van der Waals surface area contributed by atoms with E-state index in [0.717, 1.165) is 19.5 Å². The molecule has 2 rings (SSSR count). The second-order valence-electron chi connectivity index (χ2n) is 4.93. The van der Waals surface area contributed by atoms with Gasteiger partial charge in [0, 0.05) is 36.3 Å². The number of carbonyl (C=O) groups excluding carboxylic acids is 1. The van der Waals surface area contributed by atoms with Crippen molar-refractivity contribution in [3.63, 3.8) is 0 Å². The molecule has 2 unspecified atom stereocenters. The maximum Gasteiger partial charge on any atom is 0.138 e. The molecule has 2 nitrogen and oxygen atoms in total.